The van der Waals surface area contributed by atoms with E-state index >= 15 is 0 Å². The predicted molar refractivity (Wildman–Crippen MR) is 171 cm³/mol. The molecule has 0 spiro atoms. The molecule has 0 fully saturated rings. The first-order valence-electron chi connectivity index (χ1n) is 14.0. The Morgan fingerprint density at radius 1 is 0.721 bits per heavy atom. The highest BCUT2D eigenvalue weighted by molar-refractivity contribution is 7.85. The van der Waals surface area contributed by atoms with Gasteiger partial charge < -0.3 is 4.55 Å². The third kappa shape index (κ3) is 5.29. The van der Waals surface area contributed by atoms with Crippen LogP contribution in [0.3, 0.4) is 0 Å². The van der Waals surface area contributed by atoms with E-state index in [1.54, 1.807) is 26.0 Å². The lowest BCUT2D eigenvalue weighted by molar-refractivity contribution is -0.645. The van der Waals surface area contributed by atoms with Crippen LogP contribution < -0.4 is 9.58 Å². The fourth-order valence-electron chi connectivity index (χ4n) is 5.97. The largest absolute Gasteiger partial charge is 0.744 e. The Bertz CT molecular complexity index is 2070. The second kappa shape index (κ2) is 11.1. The summed E-state index contributed by atoms with van der Waals surface area (Å²) in [6, 6.07) is 39.5. The number of nitrogens with zero attached hydrogens (tertiary/aromatic N) is 3. The molecule has 0 amide bonds. The van der Waals surface area contributed by atoms with Crippen LogP contribution in [0.2, 0.25) is 0 Å². The highest BCUT2D eigenvalue weighted by Crippen LogP contribution is 2.39. The fourth-order valence-corrected chi connectivity index (χ4v) is 6.88. The maximum atomic E-state index is 10.8. The normalized spacial score (nSPS) is 12.0. The summed E-state index contributed by atoms with van der Waals surface area (Å²) in [6.45, 7) is 5.12. The van der Waals surface area contributed by atoms with Crippen LogP contribution in [0.4, 0.5) is 11.5 Å². The molecule has 0 saturated carbocycles. The zero-order valence-electron chi connectivity index (χ0n) is 24.4. The summed E-state index contributed by atoms with van der Waals surface area (Å²) in [7, 11) is -2.21. The van der Waals surface area contributed by atoms with Crippen molar-refractivity contribution < 1.29 is 17.7 Å². The summed E-state index contributed by atoms with van der Waals surface area (Å²) < 4.78 is 34.6. The van der Waals surface area contributed by atoms with E-state index < -0.39 is 10.1 Å². The Kier molecular flexibility index (Phi) is 7.30. The van der Waals surface area contributed by atoms with Gasteiger partial charge in [-0.05, 0) is 55.0 Å². The van der Waals surface area contributed by atoms with Crippen molar-refractivity contribution in [3.63, 3.8) is 0 Å². The number of benzene rings is 5. The summed E-state index contributed by atoms with van der Waals surface area (Å²) in [5, 5.41) is 7.67. The third-order valence-corrected chi connectivity index (χ3v) is 8.87. The standard InChI is InChI=1S/C27H20N3.C9H12O3S/c1-29-23-16-8-14-20-15-9-17-24(26(20)23)30-25(29)18-22(19-10-4-2-5-11-19)27(28-30)21-12-6-3-7-13-21;1-6-4-7(2)9(8(3)5-6)13(10,11)12/h2-18H,1H3;4-5H,1-3H3,(H,10,11,12)/q+1;/p-1. The van der Waals surface area contributed by atoms with Crippen molar-refractivity contribution in [2.24, 2.45) is 0 Å². The van der Waals surface area contributed by atoms with Gasteiger partial charge >= 0.3 is 5.82 Å². The molecule has 6 aromatic rings. The van der Waals surface area contributed by atoms with Crippen LogP contribution in [0.15, 0.2) is 120 Å². The Labute approximate surface area is 252 Å². The number of anilines is 2. The van der Waals surface area contributed by atoms with Crippen molar-refractivity contribution in [2.45, 2.75) is 25.7 Å². The van der Waals surface area contributed by atoms with Crippen LogP contribution in [0.1, 0.15) is 16.7 Å². The van der Waals surface area contributed by atoms with E-state index in [-0.39, 0.29) is 4.90 Å². The van der Waals surface area contributed by atoms with Crippen molar-refractivity contribution in [1.29, 1.82) is 0 Å². The minimum Gasteiger partial charge on any atom is -0.744 e. The molecule has 43 heavy (non-hydrogen) atoms. The maximum absolute atomic E-state index is 10.8. The predicted octanol–water partition coefficient (Wildman–Crippen LogP) is 7.44. The average Bonchev–Trinajstić information content (AvgIpc) is 2.99. The van der Waals surface area contributed by atoms with Crippen molar-refractivity contribution in [2.75, 3.05) is 11.9 Å². The Hall–Kier alpha value is -4.85. The van der Waals surface area contributed by atoms with E-state index in [1.807, 2.05) is 13.0 Å². The lowest BCUT2D eigenvalue weighted by atomic mass is 9.98. The molecular formula is C36H31N3O3S. The van der Waals surface area contributed by atoms with Gasteiger partial charge in [0.1, 0.15) is 21.5 Å². The molecule has 214 valence electrons. The van der Waals surface area contributed by atoms with E-state index in [9.17, 15) is 13.0 Å². The van der Waals surface area contributed by atoms with Gasteiger partial charge in [-0.2, -0.15) is 0 Å². The summed E-state index contributed by atoms with van der Waals surface area (Å²) in [6.07, 6.45) is 0. The van der Waals surface area contributed by atoms with E-state index in [4.69, 9.17) is 5.10 Å². The fraction of sp³-hybridized carbons (Fsp3) is 0.111. The van der Waals surface area contributed by atoms with Gasteiger partial charge in [-0.25, -0.2) is 13.3 Å². The maximum Gasteiger partial charge on any atom is 0.308 e. The van der Waals surface area contributed by atoms with Crippen LogP contribution in [-0.4, -0.2) is 25.1 Å². The van der Waals surface area contributed by atoms with Gasteiger partial charge in [-0.15, -0.1) is 0 Å². The minimum atomic E-state index is -4.33. The van der Waals surface area contributed by atoms with Gasteiger partial charge in [0.2, 0.25) is 0 Å². The van der Waals surface area contributed by atoms with E-state index in [1.165, 1.54) is 16.5 Å². The zero-order chi connectivity index (χ0) is 30.3. The molecule has 0 N–H and O–H groups in total. The molecule has 6 nitrogen and oxygen atoms in total. The Morgan fingerprint density at radius 2 is 1.30 bits per heavy atom. The molecule has 5 aromatic carbocycles. The monoisotopic (exact) mass is 585 g/mol. The van der Waals surface area contributed by atoms with Crippen molar-refractivity contribution in [3.05, 3.63) is 132 Å². The third-order valence-electron chi connectivity index (χ3n) is 7.73. The summed E-state index contributed by atoms with van der Waals surface area (Å²) in [4.78, 5) is 2.15. The highest BCUT2D eigenvalue weighted by atomic mass is 32.2. The molecule has 0 bridgehead atoms. The molecule has 0 saturated heterocycles. The molecule has 0 atom stereocenters. The summed E-state index contributed by atoms with van der Waals surface area (Å²) in [5.74, 6) is 1.06. The lowest BCUT2D eigenvalue weighted by Gasteiger charge is -2.23. The van der Waals surface area contributed by atoms with Crippen molar-refractivity contribution in [3.8, 4) is 28.1 Å². The summed E-state index contributed by atoms with van der Waals surface area (Å²) >= 11 is 0. The number of hydrogen-bond donors (Lipinski definition) is 0. The van der Waals surface area contributed by atoms with Gasteiger partial charge in [-0.3, -0.25) is 0 Å². The SMILES string of the molecule is CN1c2cccc3cccc(c23)-[n+]2nc(-c3ccccc3)c(-c3ccccc3)cc21.Cc1cc(C)c(S(=O)(=O)[O-])c(C)c1. The molecule has 0 aliphatic carbocycles. The van der Waals surface area contributed by atoms with Crippen LogP contribution in [0.5, 0.6) is 0 Å². The molecular weight excluding hydrogens is 554 g/mol. The smallest absolute Gasteiger partial charge is 0.308 e. The van der Waals surface area contributed by atoms with Gasteiger partial charge in [0.05, 0.1) is 17.3 Å². The number of hydrogen-bond acceptors (Lipinski definition) is 5. The number of aromatic nitrogens is 2. The molecule has 1 aliphatic heterocycles. The van der Waals surface area contributed by atoms with Crippen molar-refractivity contribution in [1.82, 2.24) is 5.10 Å². The number of fused-ring (bicyclic) bond motifs is 2. The first-order valence-corrected chi connectivity index (χ1v) is 15.4. The number of aryl methyl sites for hydroxylation is 3. The summed E-state index contributed by atoms with van der Waals surface area (Å²) in [5.41, 5.74) is 8.71. The van der Waals surface area contributed by atoms with Crippen LogP contribution >= 0.6 is 0 Å². The van der Waals surface area contributed by atoms with Gasteiger partial charge in [0.15, 0.2) is 5.69 Å². The van der Waals surface area contributed by atoms with E-state index in [0.717, 1.165) is 39.5 Å². The minimum absolute atomic E-state index is 0.0851. The molecule has 0 unspecified atom stereocenters. The molecule has 1 aromatic heterocycles. The van der Waals surface area contributed by atoms with Crippen LogP contribution in [-0.2, 0) is 10.1 Å². The first-order chi connectivity index (χ1) is 20.6. The lowest BCUT2D eigenvalue weighted by Crippen LogP contribution is -2.44. The second-order valence-electron chi connectivity index (χ2n) is 10.8. The van der Waals surface area contributed by atoms with Crippen LogP contribution in [0, 0.1) is 20.8 Å². The van der Waals surface area contributed by atoms with Crippen molar-refractivity contribution >= 4 is 32.4 Å². The van der Waals surface area contributed by atoms with Crippen LogP contribution in [0.25, 0.3) is 38.8 Å². The number of rotatable bonds is 3. The topological polar surface area (TPSA) is 77.2 Å². The zero-order valence-corrected chi connectivity index (χ0v) is 25.3. The van der Waals surface area contributed by atoms with Gasteiger partial charge in [0, 0.05) is 17.2 Å². The molecule has 2 heterocycles. The average molecular weight is 586 g/mol. The van der Waals surface area contributed by atoms with E-state index in [2.05, 4.69) is 114 Å². The Balaban J connectivity index is 0.000000214. The van der Waals surface area contributed by atoms with E-state index in [0.29, 0.717) is 11.1 Å². The quantitative estimate of drug-likeness (QED) is 0.159. The molecule has 7 rings (SSSR count). The van der Waals surface area contributed by atoms with Gasteiger partial charge in [-0.1, -0.05) is 112 Å². The first kappa shape index (κ1) is 28.3. The molecule has 1 aliphatic rings. The second-order valence-corrected chi connectivity index (χ2v) is 12.1. The van der Waals surface area contributed by atoms with Gasteiger partial charge in [0.25, 0.3) is 0 Å². The highest BCUT2D eigenvalue weighted by Gasteiger charge is 2.32. The molecule has 0 radical (unpaired) electrons. The molecule has 7 heteroatoms. The Morgan fingerprint density at radius 3 is 1.91 bits per heavy atom.